The van der Waals surface area contributed by atoms with E-state index in [1.165, 1.54) is 24.3 Å². The second-order valence-electron chi connectivity index (χ2n) is 8.79. The summed E-state index contributed by atoms with van der Waals surface area (Å²) in [5.74, 6) is -0.272. The summed E-state index contributed by atoms with van der Waals surface area (Å²) in [6.45, 7) is 3.44. The highest BCUT2D eigenvalue weighted by molar-refractivity contribution is 5.87. The molecule has 3 aromatic rings. The van der Waals surface area contributed by atoms with Crippen molar-refractivity contribution in [2.75, 3.05) is 26.2 Å². The minimum atomic E-state index is -0.948. The third-order valence-corrected chi connectivity index (χ3v) is 6.55. The predicted molar refractivity (Wildman–Crippen MR) is 127 cm³/mol. The van der Waals surface area contributed by atoms with E-state index in [4.69, 9.17) is 9.84 Å². The van der Waals surface area contributed by atoms with Gasteiger partial charge in [0.25, 0.3) is 0 Å². The summed E-state index contributed by atoms with van der Waals surface area (Å²) in [6.07, 6.45) is 2.90. The maximum absolute atomic E-state index is 13.5. The second kappa shape index (κ2) is 11.3. The molecule has 1 aliphatic rings. The van der Waals surface area contributed by atoms with Gasteiger partial charge in [0.05, 0.1) is 12.2 Å². The Labute approximate surface area is 198 Å². The molecule has 0 saturated carbocycles. The molecule has 1 fully saturated rings. The van der Waals surface area contributed by atoms with E-state index in [1.807, 2.05) is 24.3 Å². The Balaban J connectivity index is 1.29. The maximum Gasteiger partial charge on any atom is 0.335 e. The van der Waals surface area contributed by atoms with E-state index in [-0.39, 0.29) is 23.1 Å². The van der Waals surface area contributed by atoms with Crippen molar-refractivity contribution in [2.24, 2.45) is 5.92 Å². The lowest BCUT2D eigenvalue weighted by atomic mass is 9.76. The van der Waals surface area contributed by atoms with Crippen molar-refractivity contribution in [3.8, 4) is 5.75 Å². The summed E-state index contributed by atoms with van der Waals surface area (Å²) in [7, 11) is 0. The minimum Gasteiger partial charge on any atom is -0.494 e. The first-order chi connectivity index (χ1) is 16.5. The van der Waals surface area contributed by atoms with Gasteiger partial charge in [-0.1, -0.05) is 24.3 Å². The Hall–Kier alpha value is -3.25. The van der Waals surface area contributed by atoms with Crippen molar-refractivity contribution < 1.29 is 23.4 Å². The second-order valence-corrected chi connectivity index (χ2v) is 8.79. The van der Waals surface area contributed by atoms with E-state index < -0.39 is 5.97 Å². The van der Waals surface area contributed by atoms with Crippen LogP contribution in [0.25, 0.3) is 0 Å². The molecule has 1 saturated heterocycles. The third-order valence-electron chi connectivity index (χ3n) is 6.55. The summed E-state index contributed by atoms with van der Waals surface area (Å²) in [4.78, 5) is 13.4. The third kappa shape index (κ3) is 6.20. The number of hydrogen-bond donors (Lipinski definition) is 1. The molecular weight excluding hydrogens is 436 g/mol. The molecule has 0 bridgehead atoms. The van der Waals surface area contributed by atoms with Gasteiger partial charge < -0.3 is 14.7 Å². The van der Waals surface area contributed by atoms with Crippen molar-refractivity contribution in [3.63, 3.8) is 0 Å². The fraction of sp³-hybridized carbons (Fsp3) is 0.321. The Morgan fingerprint density at radius 1 is 0.882 bits per heavy atom. The van der Waals surface area contributed by atoms with Gasteiger partial charge in [0, 0.05) is 12.5 Å². The van der Waals surface area contributed by atoms with E-state index in [0.29, 0.717) is 18.3 Å². The fourth-order valence-corrected chi connectivity index (χ4v) is 4.76. The lowest BCUT2D eigenvalue weighted by Crippen LogP contribution is -2.36. The summed E-state index contributed by atoms with van der Waals surface area (Å²) < 4.78 is 32.8. The highest BCUT2D eigenvalue weighted by atomic mass is 19.1. The molecule has 34 heavy (non-hydrogen) atoms. The molecule has 4 nitrogen and oxygen atoms in total. The van der Waals surface area contributed by atoms with Crippen LogP contribution < -0.4 is 4.74 Å². The van der Waals surface area contributed by atoms with Crippen molar-refractivity contribution in [3.05, 3.63) is 101 Å². The highest BCUT2D eigenvalue weighted by Crippen LogP contribution is 2.38. The Bertz CT molecular complexity index is 1010. The molecule has 0 aromatic heterocycles. The van der Waals surface area contributed by atoms with Crippen molar-refractivity contribution >= 4 is 5.97 Å². The van der Waals surface area contributed by atoms with Crippen LogP contribution in [0.5, 0.6) is 5.75 Å². The molecule has 0 amide bonds. The van der Waals surface area contributed by atoms with Crippen LogP contribution in [0.2, 0.25) is 0 Å². The van der Waals surface area contributed by atoms with Crippen LogP contribution in [0.15, 0.2) is 72.8 Å². The van der Waals surface area contributed by atoms with Gasteiger partial charge in [-0.05, 0) is 97.9 Å². The number of nitrogens with zero attached hydrogens (tertiary/aromatic N) is 1. The molecule has 3 aromatic carbocycles. The summed E-state index contributed by atoms with van der Waals surface area (Å²) >= 11 is 0. The van der Waals surface area contributed by atoms with Gasteiger partial charge >= 0.3 is 5.97 Å². The summed E-state index contributed by atoms with van der Waals surface area (Å²) in [6, 6.07) is 19.8. The minimum absolute atomic E-state index is 0.112. The fourth-order valence-electron chi connectivity index (χ4n) is 4.76. The van der Waals surface area contributed by atoms with Crippen molar-refractivity contribution in [1.29, 1.82) is 0 Å². The number of carboxylic acid groups (broad SMARTS) is 1. The zero-order valence-corrected chi connectivity index (χ0v) is 19.0. The SMILES string of the molecule is O=C(O)c1ccc(OCCCN2CCC(C(c3ccc(F)cc3)c3ccc(F)cc3)CC2)cc1. The zero-order chi connectivity index (χ0) is 23.9. The van der Waals surface area contributed by atoms with E-state index >= 15 is 0 Å². The lowest BCUT2D eigenvalue weighted by Gasteiger charge is -2.36. The first-order valence-electron chi connectivity index (χ1n) is 11.7. The molecule has 0 spiro atoms. The number of hydrogen-bond acceptors (Lipinski definition) is 3. The number of likely N-dealkylation sites (tertiary alicyclic amines) is 1. The van der Waals surface area contributed by atoms with Crippen LogP contribution in [0.3, 0.4) is 0 Å². The molecule has 4 rings (SSSR count). The Morgan fingerprint density at radius 3 is 1.91 bits per heavy atom. The standard InChI is InChI=1S/C28H29F2NO3/c29-24-8-2-20(3-9-24)27(21-4-10-25(30)11-5-21)22-14-17-31(18-15-22)16-1-19-34-26-12-6-23(7-13-26)28(32)33/h2-13,22,27H,1,14-19H2,(H,32,33). The largest absolute Gasteiger partial charge is 0.494 e. The number of aromatic carboxylic acids is 1. The van der Waals surface area contributed by atoms with Gasteiger partial charge in [0.15, 0.2) is 0 Å². The van der Waals surface area contributed by atoms with Gasteiger partial charge in [-0.2, -0.15) is 0 Å². The highest BCUT2D eigenvalue weighted by Gasteiger charge is 2.29. The van der Waals surface area contributed by atoms with Crippen molar-refractivity contribution in [2.45, 2.75) is 25.2 Å². The summed E-state index contributed by atoms with van der Waals surface area (Å²) in [5.41, 5.74) is 2.37. The molecular formula is C28H29F2NO3. The van der Waals surface area contributed by atoms with Crippen LogP contribution in [0, 0.1) is 17.6 Å². The lowest BCUT2D eigenvalue weighted by molar-refractivity contribution is 0.0697. The van der Waals surface area contributed by atoms with E-state index in [2.05, 4.69) is 4.90 Å². The molecule has 1 heterocycles. The van der Waals surface area contributed by atoms with Crippen LogP contribution in [0.4, 0.5) is 8.78 Å². The van der Waals surface area contributed by atoms with Crippen LogP contribution in [-0.4, -0.2) is 42.2 Å². The predicted octanol–water partition coefficient (Wildman–Crippen LogP) is 5.98. The molecule has 178 valence electrons. The van der Waals surface area contributed by atoms with E-state index in [0.717, 1.165) is 50.0 Å². The normalized spacial score (nSPS) is 14.9. The number of ether oxygens (including phenoxy) is 1. The number of carboxylic acids is 1. The molecule has 6 heteroatoms. The van der Waals surface area contributed by atoms with E-state index in [1.54, 1.807) is 24.3 Å². The van der Waals surface area contributed by atoms with Gasteiger partial charge in [-0.3, -0.25) is 0 Å². The average Bonchev–Trinajstić information content (AvgIpc) is 2.85. The van der Waals surface area contributed by atoms with Gasteiger partial charge in [-0.15, -0.1) is 0 Å². The first-order valence-corrected chi connectivity index (χ1v) is 11.7. The van der Waals surface area contributed by atoms with Gasteiger partial charge in [0.2, 0.25) is 0 Å². The Morgan fingerprint density at radius 2 is 1.41 bits per heavy atom. The van der Waals surface area contributed by atoms with Crippen molar-refractivity contribution in [1.82, 2.24) is 4.90 Å². The quantitative estimate of drug-likeness (QED) is 0.395. The van der Waals surface area contributed by atoms with Gasteiger partial charge in [-0.25, -0.2) is 13.6 Å². The molecule has 0 radical (unpaired) electrons. The number of piperidine rings is 1. The van der Waals surface area contributed by atoms with Crippen LogP contribution >= 0.6 is 0 Å². The van der Waals surface area contributed by atoms with Crippen LogP contribution in [-0.2, 0) is 0 Å². The van der Waals surface area contributed by atoms with E-state index in [9.17, 15) is 13.6 Å². The molecule has 0 atom stereocenters. The van der Waals surface area contributed by atoms with Gasteiger partial charge in [0.1, 0.15) is 17.4 Å². The number of benzene rings is 3. The Kier molecular flexibility index (Phi) is 7.91. The molecule has 1 N–H and O–H groups in total. The molecule has 0 aliphatic carbocycles. The van der Waals surface area contributed by atoms with Crippen LogP contribution in [0.1, 0.15) is 46.7 Å². The first kappa shape index (κ1) is 23.9. The smallest absolute Gasteiger partial charge is 0.335 e. The topological polar surface area (TPSA) is 49.8 Å². The number of halogens is 2. The monoisotopic (exact) mass is 465 g/mol. The number of rotatable bonds is 9. The summed E-state index contributed by atoms with van der Waals surface area (Å²) in [5, 5.41) is 8.96. The molecule has 1 aliphatic heterocycles. The number of carbonyl (C=O) groups is 1. The zero-order valence-electron chi connectivity index (χ0n) is 19.0. The maximum atomic E-state index is 13.5. The molecule has 0 unspecified atom stereocenters. The average molecular weight is 466 g/mol.